The van der Waals surface area contributed by atoms with E-state index in [1.54, 1.807) is 5.57 Å². The number of anilines is 1. The van der Waals surface area contributed by atoms with Crippen LogP contribution >= 0.6 is 0 Å². The number of hydrogen-bond donors (Lipinski definition) is 1. The summed E-state index contributed by atoms with van der Waals surface area (Å²) in [7, 11) is 2.26. The molecule has 1 aromatic rings. The van der Waals surface area contributed by atoms with Gasteiger partial charge >= 0.3 is 0 Å². The molecule has 5 unspecified atom stereocenters. The predicted molar refractivity (Wildman–Crippen MR) is 150 cm³/mol. The molecule has 0 saturated heterocycles. The molecule has 1 N–H and O–H groups in total. The van der Waals surface area contributed by atoms with Gasteiger partial charge < -0.3 is 10.0 Å². The van der Waals surface area contributed by atoms with Gasteiger partial charge in [0.25, 0.3) is 0 Å². The van der Waals surface area contributed by atoms with Gasteiger partial charge in [0.1, 0.15) is 11.4 Å². The molecule has 0 aliphatic heterocycles. The Kier molecular flexibility index (Phi) is 6.39. The normalized spacial score (nSPS) is 35.6. The lowest BCUT2D eigenvalue weighted by atomic mass is 9.51. The Hall–Kier alpha value is -2.31. The molecule has 4 fully saturated rings. The summed E-state index contributed by atoms with van der Waals surface area (Å²) < 4.78 is 0. The minimum absolute atomic E-state index is 0.233. The number of hydrogen-bond acceptors (Lipinski definition) is 3. The topological polar surface area (TPSA) is 40.5 Å². The number of benzene rings is 1. The van der Waals surface area contributed by atoms with Crippen molar-refractivity contribution in [2.45, 2.75) is 108 Å². The first-order chi connectivity index (χ1) is 17.8. The Morgan fingerprint density at radius 2 is 1.81 bits per heavy atom. The van der Waals surface area contributed by atoms with Crippen LogP contribution in [0.15, 0.2) is 47.1 Å². The minimum atomic E-state index is -0.922. The third-order valence-electron chi connectivity index (χ3n) is 11.0. The van der Waals surface area contributed by atoms with Crippen molar-refractivity contribution in [1.29, 1.82) is 0 Å². The van der Waals surface area contributed by atoms with Crippen molar-refractivity contribution in [3.05, 3.63) is 52.6 Å². The van der Waals surface area contributed by atoms with Crippen LogP contribution in [0, 0.1) is 29.1 Å². The highest BCUT2D eigenvalue weighted by atomic mass is 16.3. The maximum Gasteiger partial charge on any atom is 0.137 e. The Morgan fingerprint density at radius 3 is 2.54 bits per heavy atom. The smallest absolute Gasteiger partial charge is 0.137 e. The molecular weight excluding hydrogens is 454 g/mol. The van der Waals surface area contributed by atoms with Crippen molar-refractivity contribution in [1.82, 2.24) is 0 Å². The van der Waals surface area contributed by atoms with Gasteiger partial charge in [0.2, 0.25) is 0 Å². The second-order valence-electron chi connectivity index (χ2n) is 12.8. The van der Waals surface area contributed by atoms with E-state index in [0.29, 0.717) is 36.5 Å². The van der Waals surface area contributed by atoms with Gasteiger partial charge in [0, 0.05) is 43.0 Å². The summed E-state index contributed by atoms with van der Waals surface area (Å²) in [6.45, 7) is 4.18. The van der Waals surface area contributed by atoms with Crippen LogP contribution in [0.5, 0.6) is 0 Å². The van der Waals surface area contributed by atoms with E-state index in [1.807, 2.05) is 6.92 Å². The van der Waals surface area contributed by atoms with Crippen LogP contribution in [0.4, 0.5) is 5.69 Å². The Bertz CT molecular complexity index is 1190. The molecule has 0 radical (unpaired) electrons. The van der Waals surface area contributed by atoms with Crippen LogP contribution in [0.3, 0.4) is 0 Å². The van der Waals surface area contributed by atoms with Gasteiger partial charge in [-0.3, -0.25) is 4.79 Å². The molecule has 5 aliphatic rings. The third kappa shape index (κ3) is 4.02. The van der Waals surface area contributed by atoms with Gasteiger partial charge in [0.05, 0.1) is 0 Å². The number of carbonyl (C=O) groups excluding carboxylic acids is 1. The molecule has 196 valence electrons. The van der Waals surface area contributed by atoms with Gasteiger partial charge in [-0.1, -0.05) is 55.9 Å². The molecular formula is C34H43NO2. The van der Waals surface area contributed by atoms with E-state index in [0.717, 1.165) is 32.1 Å². The molecule has 0 bridgehead atoms. The Morgan fingerprint density at radius 1 is 1.05 bits per heavy atom. The van der Waals surface area contributed by atoms with E-state index in [-0.39, 0.29) is 11.3 Å². The van der Waals surface area contributed by atoms with Gasteiger partial charge in [-0.2, -0.15) is 0 Å². The highest BCUT2D eigenvalue weighted by Crippen LogP contribution is 2.66. The lowest BCUT2D eigenvalue weighted by Gasteiger charge is -2.53. The van der Waals surface area contributed by atoms with Crippen molar-refractivity contribution >= 4 is 11.5 Å². The lowest BCUT2D eigenvalue weighted by Crippen LogP contribution is -2.50. The van der Waals surface area contributed by atoms with Crippen LogP contribution in [-0.4, -0.2) is 29.6 Å². The molecule has 0 aromatic heterocycles. The average Bonchev–Trinajstić information content (AvgIpc) is 3.18. The maximum absolute atomic E-state index is 12.3. The van der Waals surface area contributed by atoms with Crippen molar-refractivity contribution in [3.63, 3.8) is 0 Å². The number of carbonyl (C=O) groups is 1. The van der Waals surface area contributed by atoms with E-state index in [9.17, 15) is 9.90 Å². The molecule has 5 atom stereocenters. The predicted octanol–water partition coefficient (Wildman–Crippen LogP) is 7.11. The first kappa shape index (κ1) is 25.0. The summed E-state index contributed by atoms with van der Waals surface area (Å²) in [4.78, 5) is 14.8. The van der Waals surface area contributed by atoms with Crippen molar-refractivity contribution in [2.24, 2.45) is 17.3 Å². The van der Waals surface area contributed by atoms with Crippen LogP contribution in [0.1, 0.15) is 102 Å². The van der Waals surface area contributed by atoms with E-state index in [4.69, 9.17) is 0 Å². The summed E-state index contributed by atoms with van der Waals surface area (Å²) in [6, 6.07) is 10.0. The highest BCUT2D eigenvalue weighted by Gasteiger charge is 2.62. The monoisotopic (exact) mass is 497 g/mol. The van der Waals surface area contributed by atoms with E-state index in [1.165, 1.54) is 54.5 Å². The second-order valence-corrected chi connectivity index (χ2v) is 12.8. The van der Waals surface area contributed by atoms with Crippen LogP contribution in [-0.2, 0) is 4.79 Å². The summed E-state index contributed by atoms with van der Waals surface area (Å²) in [6.07, 6.45) is 14.9. The Balaban J connectivity index is 1.40. The molecule has 3 nitrogen and oxygen atoms in total. The lowest BCUT2D eigenvalue weighted by molar-refractivity contribution is -0.118. The zero-order chi connectivity index (χ0) is 25.8. The minimum Gasteiger partial charge on any atom is -0.377 e. The van der Waals surface area contributed by atoms with Crippen LogP contribution in [0.25, 0.3) is 0 Å². The zero-order valence-electron chi connectivity index (χ0n) is 23.0. The molecule has 1 aromatic carbocycles. The molecule has 0 spiro atoms. The third-order valence-corrected chi connectivity index (χ3v) is 11.0. The Labute approximate surface area is 223 Å². The van der Waals surface area contributed by atoms with E-state index < -0.39 is 5.60 Å². The van der Waals surface area contributed by atoms with Crippen molar-refractivity contribution in [3.8, 4) is 11.8 Å². The van der Waals surface area contributed by atoms with Gasteiger partial charge in [-0.25, -0.2) is 0 Å². The second kappa shape index (κ2) is 9.46. The van der Waals surface area contributed by atoms with Gasteiger partial charge in [0.15, 0.2) is 0 Å². The number of ketones is 1. The molecule has 0 heterocycles. The molecule has 37 heavy (non-hydrogen) atoms. The number of rotatable bonds is 3. The first-order valence-electron chi connectivity index (χ1n) is 14.8. The van der Waals surface area contributed by atoms with Crippen molar-refractivity contribution < 1.29 is 9.90 Å². The van der Waals surface area contributed by atoms with Gasteiger partial charge in [-0.05, 0) is 92.5 Å². The number of fused-ring (bicyclic) bond motifs is 4. The average molecular weight is 498 g/mol. The van der Waals surface area contributed by atoms with Crippen LogP contribution in [0.2, 0.25) is 0 Å². The first-order valence-corrected chi connectivity index (χ1v) is 14.8. The van der Waals surface area contributed by atoms with E-state index in [2.05, 4.69) is 61.1 Å². The number of aliphatic hydroxyl groups is 1. The summed E-state index contributed by atoms with van der Waals surface area (Å²) >= 11 is 0. The summed E-state index contributed by atoms with van der Waals surface area (Å²) in [5.41, 5.74) is 5.89. The summed E-state index contributed by atoms with van der Waals surface area (Å²) in [5.74, 6) is 7.87. The molecule has 6 rings (SSSR count). The fraction of sp³-hybridized carbons (Fsp3) is 0.618. The fourth-order valence-electron chi connectivity index (χ4n) is 8.93. The fourth-order valence-corrected chi connectivity index (χ4v) is 8.93. The molecule has 3 heteroatoms. The quantitative estimate of drug-likeness (QED) is 0.453. The van der Waals surface area contributed by atoms with Gasteiger partial charge in [-0.15, -0.1) is 5.92 Å². The zero-order valence-corrected chi connectivity index (χ0v) is 23.0. The number of nitrogens with zero attached hydrogens (tertiary/aromatic N) is 1. The van der Waals surface area contributed by atoms with E-state index >= 15 is 0 Å². The largest absolute Gasteiger partial charge is 0.377 e. The number of allylic oxidation sites excluding steroid dienone is 4. The maximum atomic E-state index is 12.3. The summed E-state index contributed by atoms with van der Waals surface area (Å²) in [5, 5.41) is 11.9. The SMILES string of the molecule is CC#CC1(O)CCC2C3CC=C4CC(=O)CCC4=C3C(c3ccc(N(C)C4CCCCC4)cc3)CC21C. The highest BCUT2D eigenvalue weighted by molar-refractivity contribution is 5.84. The standard InChI is InChI=1S/C34H43NO2/c1-4-19-34(37)20-18-31-29-16-12-24-21-27(36)15-17-28(24)32(29)30(22-33(31,34)2)23-10-13-26(14-11-23)35(3)25-8-6-5-7-9-25/h10-14,25,29-31,37H,5-9,15-18,20-22H2,1-3H3. The molecule has 0 amide bonds. The molecule has 5 aliphatic carbocycles. The molecule has 4 saturated carbocycles. The number of Topliss-reactive ketones (excluding diaryl/α,β-unsaturated/α-hetero) is 1. The van der Waals surface area contributed by atoms with Crippen molar-refractivity contribution in [2.75, 3.05) is 11.9 Å². The van der Waals surface area contributed by atoms with Crippen LogP contribution < -0.4 is 4.90 Å².